The molecule has 7 nitrogen and oxygen atoms in total. The summed E-state index contributed by atoms with van der Waals surface area (Å²) in [6, 6.07) is 1.85. The minimum Gasteiger partial charge on any atom is -0.391 e. The molecule has 0 aliphatic carbocycles. The number of nitrogens with zero attached hydrogens (tertiary/aromatic N) is 3. The van der Waals surface area contributed by atoms with Crippen LogP contribution in [-0.2, 0) is 6.42 Å². The van der Waals surface area contributed by atoms with Crippen LogP contribution in [0.3, 0.4) is 0 Å². The number of hydrogen-bond donors (Lipinski definition) is 1. The van der Waals surface area contributed by atoms with Crippen molar-refractivity contribution in [2.24, 2.45) is 5.92 Å². The van der Waals surface area contributed by atoms with Crippen molar-refractivity contribution in [3.05, 3.63) is 34.5 Å². The van der Waals surface area contributed by atoms with Gasteiger partial charge in [0, 0.05) is 31.5 Å². The number of hydrogen-bond acceptors (Lipinski definition) is 6. The summed E-state index contributed by atoms with van der Waals surface area (Å²) in [5.41, 5.74) is 1.88. The number of aliphatic hydroxyl groups excluding tert-OH is 1. The first-order valence-electron chi connectivity index (χ1n) is 7.28. The molecule has 1 saturated heterocycles. The van der Waals surface area contributed by atoms with Crippen LogP contribution in [0.15, 0.2) is 15.1 Å². The summed E-state index contributed by atoms with van der Waals surface area (Å²) in [4.78, 5) is 14.2. The van der Waals surface area contributed by atoms with E-state index in [1.54, 1.807) is 18.7 Å². The molecular weight excluding hydrogens is 286 g/mol. The first-order chi connectivity index (χ1) is 10.5. The second-order valence-electron chi connectivity index (χ2n) is 5.88. The highest BCUT2D eigenvalue weighted by molar-refractivity contribution is 5.96. The summed E-state index contributed by atoms with van der Waals surface area (Å²) >= 11 is 0. The Kier molecular flexibility index (Phi) is 3.74. The Balaban J connectivity index is 1.71. The molecule has 0 aromatic carbocycles. The van der Waals surface area contributed by atoms with Crippen LogP contribution >= 0.6 is 0 Å². The third-order valence-corrected chi connectivity index (χ3v) is 4.08. The number of carbonyl (C=O) groups excluding carboxylic acids is 1. The molecular formula is C15H19N3O4. The van der Waals surface area contributed by atoms with Crippen LogP contribution < -0.4 is 0 Å². The van der Waals surface area contributed by atoms with E-state index in [-0.39, 0.29) is 11.8 Å². The van der Waals surface area contributed by atoms with Crippen molar-refractivity contribution in [1.82, 2.24) is 15.2 Å². The molecule has 1 fully saturated rings. The number of aliphatic hydroxyl groups is 1. The number of rotatable bonds is 3. The van der Waals surface area contributed by atoms with Crippen molar-refractivity contribution in [2.75, 3.05) is 13.1 Å². The average molecular weight is 305 g/mol. The van der Waals surface area contributed by atoms with Gasteiger partial charge in [-0.15, -0.1) is 0 Å². The van der Waals surface area contributed by atoms with Crippen LogP contribution in [0.1, 0.15) is 33.3 Å². The normalized spacial score (nSPS) is 21.5. The highest BCUT2D eigenvalue weighted by atomic mass is 16.5. The Morgan fingerprint density at radius 3 is 2.68 bits per heavy atom. The van der Waals surface area contributed by atoms with E-state index in [0.29, 0.717) is 36.5 Å². The maximum atomic E-state index is 12.6. The van der Waals surface area contributed by atoms with E-state index in [0.717, 1.165) is 11.5 Å². The molecule has 7 heteroatoms. The Bertz CT molecular complexity index is 671. The lowest BCUT2D eigenvalue weighted by molar-refractivity contribution is 0.0762. The number of carbonyl (C=O) groups is 1. The van der Waals surface area contributed by atoms with Crippen LogP contribution in [-0.4, -0.2) is 45.4 Å². The molecule has 0 spiro atoms. The molecule has 1 N–H and O–H groups in total. The number of likely N-dealkylation sites (tertiary alicyclic amines) is 1. The fourth-order valence-electron chi connectivity index (χ4n) is 2.94. The fraction of sp³-hybridized carbons (Fsp3) is 0.533. The van der Waals surface area contributed by atoms with Gasteiger partial charge < -0.3 is 19.1 Å². The molecule has 3 heterocycles. The van der Waals surface area contributed by atoms with Gasteiger partial charge in [0.05, 0.1) is 17.5 Å². The molecule has 3 rings (SSSR count). The molecule has 0 radical (unpaired) electrons. The lowest BCUT2D eigenvalue weighted by atomic mass is 10.0. The summed E-state index contributed by atoms with van der Waals surface area (Å²) in [5.74, 6) is 1.03. The molecule has 22 heavy (non-hydrogen) atoms. The Labute approximate surface area is 127 Å². The van der Waals surface area contributed by atoms with E-state index in [2.05, 4.69) is 10.3 Å². The monoisotopic (exact) mass is 305 g/mol. The largest absolute Gasteiger partial charge is 0.391 e. The van der Waals surface area contributed by atoms with Gasteiger partial charge in [0.2, 0.25) is 0 Å². The first kappa shape index (κ1) is 14.8. The van der Waals surface area contributed by atoms with E-state index in [1.807, 2.05) is 13.0 Å². The van der Waals surface area contributed by atoms with E-state index < -0.39 is 6.10 Å². The van der Waals surface area contributed by atoms with Crippen LogP contribution in [0, 0.1) is 26.7 Å². The van der Waals surface area contributed by atoms with Gasteiger partial charge in [-0.1, -0.05) is 10.3 Å². The number of aromatic nitrogens is 2. The van der Waals surface area contributed by atoms with Crippen molar-refractivity contribution in [1.29, 1.82) is 0 Å². The van der Waals surface area contributed by atoms with Crippen LogP contribution in [0.25, 0.3) is 0 Å². The van der Waals surface area contributed by atoms with E-state index >= 15 is 0 Å². The third-order valence-electron chi connectivity index (χ3n) is 4.08. The molecule has 2 atom stereocenters. The number of aryl methyl sites for hydroxylation is 3. The SMILES string of the molecule is Cc1cc(C[C@@H]2CN(C(=O)c3c(C)noc3C)C[C@H]2O)on1. The second kappa shape index (κ2) is 5.57. The van der Waals surface area contributed by atoms with Gasteiger partial charge in [-0.3, -0.25) is 4.79 Å². The van der Waals surface area contributed by atoms with Gasteiger partial charge in [0.25, 0.3) is 5.91 Å². The summed E-state index contributed by atoms with van der Waals surface area (Å²) in [5, 5.41) is 17.9. The summed E-state index contributed by atoms with van der Waals surface area (Å²) in [6.07, 6.45) is -0.0113. The highest BCUT2D eigenvalue weighted by Gasteiger charge is 2.36. The van der Waals surface area contributed by atoms with Gasteiger partial charge in [-0.05, 0) is 20.8 Å². The van der Waals surface area contributed by atoms with Crippen molar-refractivity contribution in [2.45, 2.75) is 33.3 Å². The van der Waals surface area contributed by atoms with Crippen LogP contribution in [0.4, 0.5) is 0 Å². The second-order valence-corrected chi connectivity index (χ2v) is 5.88. The molecule has 2 aromatic heterocycles. The zero-order valence-corrected chi connectivity index (χ0v) is 12.9. The summed E-state index contributed by atoms with van der Waals surface area (Å²) < 4.78 is 10.2. The smallest absolute Gasteiger partial charge is 0.259 e. The molecule has 2 aromatic rings. The Morgan fingerprint density at radius 2 is 2.09 bits per heavy atom. The average Bonchev–Trinajstić information content (AvgIpc) is 3.12. The number of amides is 1. The standard InChI is InChI=1S/C15H19N3O4/c1-8-4-12(22-16-8)5-11-6-18(7-13(11)19)15(20)14-9(2)17-21-10(14)3/h4,11,13,19H,5-7H2,1-3H3/t11-,13-/m1/s1. The van der Waals surface area contributed by atoms with Crippen molar-refractivity contribution in [3.63, 3.8) is 0 Å². The lowest BCUT2D eigenvalue weighted by Gasteiger charge is -2.15. The van der Waals surface area contributed by atoms with Crippen LogP contribution in [0.2, 0.25) is 0 Å². The van der Waals surface area contributed by atoms with Crippen molar-refractivity contribution >= 4 is 5.91 Å². The van der Waals surface area contributed by atoms with Gasteiger partial charge in [-0.25, -0.2) is 0 Å². The fourth-order valence-corrected chi connectivity index (χ4v) is 2.94. The first-order valence-corrected chi connectivity index (χ1v) is 7.28. The van der Waals surface area contributed by atoms with E-state index in [9.17, 15) is 9.90 Å². The van der Waals surface area contributed by atoms with E-state index in [4.69, 9.17) is 9.05 Å². The highest BCUT2D eigenvalue weighted by Crippen LogP contribution is 2.25. The van der Waals surface area contributed by atoms with Gasteiger partial charge in [-0.2, -0.15) is 0 Å². The lowest BCUT2D eigenvalue weighted by Crippen LogP contribution is -2.30. The quantitative estimate of drug-likeness (QED) is 0.918. The Hall–Kier alpha value is -2.15. The summed E-state index contributed by atoms with van der Waals surface area (Å²) in [6.45, 7) is 6.09. The maximum absolute atomic E-state index is 12.6. The zero-order valence-electron chi connectivity index (χ0n) is 12.9. The van der Waals surface area contributed by atoms with Gasteiger partial charge >= 0.3 is 0 Å². The van der Waals surface area contributed by atoms with Crippen LogP contribution in [0.5, 0.6) is 0 Å². The summed E-state index contributed by atoms with van der Waals surface area (Å²) in [7, 11) is 0. The van der Waals surface area contributed by atoms with Crippen molar-refractivity contribution in [3.8, 4) is 0 Å². The number of β-amino-alcohol motifs (C(OH)–C–C–N with tert-alkyl or cyclic N) is 1. The molecule has 1 aliphatic heterocycles. The Morgan fingerprint density at radius 1 is 1.32 bits per heavy atom. The molecule has 1 aliphatic rings. The topological polar surface area (TPSA) is 92.6 Å². The minimum atomic E-state index is -0.574. The van der Waals surface area contributed by atoms with Gasteiger partial charge in [0.15, 0.2) is 0 Å². The molecule has 1 amide bonds. The molecule has 118 valence electrons. The van der Waals surface area contributed by atoms with E-state index in [1.165, 1.54) is 0 Å². The maximum Gasteiger partial charge on any atom is 0.259 e. The predicted octanol–water partition coefficient (Wildman–Crippen LogP) is 1.26. The predicted molar refractivity (Wildman–Crippen MR) is 76.3 cm³/mol. The molecule has 0 saturated carbocycles. The molecule has 0 unspecified atom stereocenters. The minimum absolute atomic E-state index is 0.0585. The molecule has 0 bridgehead atoms. The third kappa shape index (κ3) is 2.64. The zero-order chi connectivity index (χ0) is 15.9. The van der Waals surface area contributed by atoms with Gasteiger partial charge in [0.1, 0.15) is 17.1 Å². The van der Waals surface area contributed by atoms with Crippen molar-refractivity contribution < 1.29 is 18.9 Å².